The second-order valence-corrected chi connectivity index (χ2v) is 7.86. The van der Waals surface area contributed by atoms with Gasteiger partial charge in [0, 0.05) is 31.2 Å². The molecule has 0 bridgehead atoms. The smallest absolute Gasteiger partial charge is 0.416 e. The number of rotatable bonds is 3. The summed E-state index contributed by atoms with van der Waals surface area (Å²) in [5.74, 6) is 0.439. The third kappa shape index (κ3) is 5.49. The van der Waals surface area contributed by atoms with Crippen LogP contribution in [0.1, 0.15) is 38.4 Å². The van der Waals surface area contributed by atoms with Crippen LogP contribution in [0.15, 0.2) is 42.7 Å². The molecule has 1 amide bonds. The van der Waals surface area contributed by atoms with E-state index in [4.69, 9.17) is 4.74 Å². The van der Waals surface area contributed by atoms with Crippen LogP contribution in [0.4, 0.5) is 29.5 Å². The summed E-state index contributed by atoms with van der Waals surface area (Å²) in [7, 11) is 0. The summed E-state index contributed by atoms with van der Waals surface area (Å²) in [6.07, 6.45) is 0.735. The van der Waals surface area contributed by atoms with Gasteiger partial charge in [0.1, 0.15) is 11.3 Å². The number of alkyl halides is 3. The Morgan fingerprint density at radius 2 is 1.77 bits per heavy atom. The number of hydrogen-bond donors (Lipinski definition) is 1. The summed E-state index contributed by atoms with van der Waals surface area (Å²) in [5, 5.41) is 3.03. The number of carbonyl (C=O) groups is 1. The molecule has 160 valence electrons. The van der Waals surface area contributed by atoms with E-state index in [0.29, 0.717) is 36.7 Å². The number of nitrogens with one attached hydrogen (secondary N) is 1. The number of halogens is 3. The zero-order chi connectivity index (χ0) is 21.9. The first-order chi connectivity index (χ1) is 14.0. The number of anilines is 2. The molecule has 3 rings (SSSR count). The van der Waals surface area contributed by atoms with Crippen molar-refractivity contribution in [2.45, 2.75) is 39.0 Å². The maximum atomic E-state index is 12.7. The summed E-state index contributed by atoms with van der Waals surface area (Å²) in [4.78, 5) is 22.5. The van der Waals surface area contributed by atoms with Crippen LogP contribution in [0.5, 0.6) is 0 Å². The largest absolute Gasteiger partial charge is 0.444 e. The molecule has 30 heavy (non-hydrogen) atoms. The zero-order valence-electron chi connectivity index (χ0n) is 17.0. The van der Waals surface area contributed by atoms with Gasteiger partial charge in [0.2, 0.25) is 0 Å². The first-order valence-electron chi connectivity index (χ1n) is 9.45. The van der Waals surface area contributed by atoms with E-state index in [2.05, 4.69) is 15.3 Å². The van der Waals surface area contributed by atoms with Crippen molar-refractivity contribution >= 4 is 23.2 Å². The molecule has 1 aromatic heterocycles. The van der Waals surface area contributed by atoms with Crippen LogP contribution in [0, 0.1) is 0 Å². The summed E-state index contributed by atoms with van der Waals surface area (Å²) < 4.78 is 43.6. The first-order valence-corrected chi connectivity index (χ1v) is 9.45. The maximum Gasteiger partial charge on any atom is 0.416 e. The van der Waals surface area contributed by atoms with Crippen LogP contribution in [0.2, 0.25) is 0 Å². The van der Waals surface area contributed by atoms with E-state index in [1.165, 1.54) is 18.3 Å². The number of amides is 1. The Hall–Kier alpha value is -3.10. The van der Waals surface area contributed by atoms with Gasteiger partial charge in [-0.25, -0.2) is 9.78 Å². The van der Waals surface area contributed by atoms with Crippen LogP contribution < -0.4 is 5.32 Å². The Morgan fingerprint density at radius 3 is 2.33 bits per heavy atom. The molecule has 1 N–H and O–H groups in total. The van der Waals surface area contributed by atoms with Crippen molar-refractivity contribution in [3.63, 3.8) is 0 Å². The highest BCUT2D eigenvalue weighted by Crippen LogP contribution is 2.31. The normalized spacial score (nSPS) is 14.9. The van der Waals surface area contributed by atoms with Gasteiger partial charge in [0.25, 0.3) is 0 Å². The number of ether oxygens (including phenoxy) is 1. The number of benzene rings is 1. The minimum atomic E-state index is -4.39. The minimum Gasteiger partial charge on any atom is -0.444 e. The van der Waals surface area contributed by atoms with E-state index in [1.54, 1.807) is 11.1 Å². The standard InChI is InChI=1S/C21H23F3N4O2/c1-20(2,3)30-19(29)28-12-8-14(9-13-28)17-18(26-11-10-25-17)27-16-6-4-15(5-7-16)21(22,23)24/h4-8,10-11H,9,12-13H2,1-3H3,(H,26,27). The van der Waals surface area contributed by atoms with Gasteiger partial charge >= 0.3 is 12.3 Å². The lowest BCUT2D eigenvalue weighted by atomic mass is 10.0. The molecule has 2 heterocycles. The fourth-order valence-corrected chi connectivity index (χ4v) is 2.92. The molecule has 0 radical (unpaired) electrons. The highest BCUT2D eigenvalue weighted by Gasteiger charge is 2.30. The third-order valence-corrected chi connectivity index (χ3v) is 4.34. The Labute approximate surface area is 172 Å². The van der Waals surface area contributed by atoms with E-state index in [-0.39, 0.29) is 6.09 Å². The Kier molecular flexibility index (Phi) is 6.00. The summed E-state index contributed by atoms with van der Waals surface area (Å²) >= 11 is 0. The molecule has 0 fully saturated rings. The SMILES string of the molecule is CC(C)(C)OC(=O)N1CC=C(c2nccnc2Nc2ccc(C(F)(F)F)cc2)CC1. The molecule has 9 heteroatoms. The second-order valence-electron chi connectivity index (χ2n) is 7.86. The molecule has 0 saturated heterocycles. The number of hydrogen-bond acceptors (Lipinski definition) is 5. The molecular weight excluding hydrogens is 397 g/mol. The molecule has 2 aromatic rings. The molecule has 0 unspecified atom stereocenters. The van der Waals surface area contributed by atoms with Crippen LogP contribution in [-0.2, 0) is 10.9 Å². The van der Waals surface area contributed by atoms with Gasteiger partial charge in [-0.3, -0.25) is 4.98 Å². The van der Waals surface area contributed by atoms with Gasteiger partial charge in [-0.05, 0) is 57.0 Å². The highest BCUT2D eigenvalue weighted by atomic mass is 19.4. The molecular formula is C21H23F3N4O2. The lowest BCUT2D eigenvalue weighted by molar-refractivity contribution is -0.137. The van der Waals surface area contributed by atoms with Crippen LogP contribution in [0.3, 0.4) is 0 Å². The zero-order valence-corrected chi connectivity index (χ0v) is 17.0. The molecule has 0 atom stereocenters. The number of nitrogens with zero attached hydrogens (tertiary/aromatic N) is 3. The van der Waals surface area contributed by atoms with E-state index in [1.807, 2.05) is 26.8 Å². The van der Waals surface area contributed by atoms with Crippen LogP contribution >= 0.6 is 0 Å². The van der Waals surface area contributed by atoms with Crippen molar-refractivity contribution in [3.8, 4) is 0 Å². The van der Waals surface area contributed by atoms with Gasteiger partial charge in [0.05, 0.1) is 5.56 Å². The third-order valence-electron chi connectivity index (χ3n) is 4.34. The summed E-state index contributed by atoms with van der Waals surface area (Å²) in [5.41, 5.74) is 0.685. The second kappa shape index (κ2) is 8.33. The Balaban J connectivity index is 1.74. The average molecular weight is 420 g/mol. The number of carbonyl (C=O) groups excluding carboxylic acids is 1. The lowest BCUT2D eigenvalue weighted by Gasteiger charge is -2.29. The van der Waals surface area contributed by atoms with Crippen molar-refractivity contribution in [2.24, 2.45) is 0 Å². The van der Waals surface area contributed by atoms with E-state index >= 15 is 0 Å². The monoisotopic (exact) mass is 420 g/mol. The minimum absolute atomic E-state index is 0.375. The average Bonchev–Trinajstić information content (AvgIpc) is 2.67. The fraction of sp³-hybridized carbons (Fsp3) is 0.381. The molecule has 1 aliphatic rings. The van der Waals surface area contributed by atoms with Gasteiger partial charge in [-0.15, -0.1) is 0 Å². The van der Waals surface area contributed by atoms with Gasteiger partial charge in [0.15, 0.2) is 5.82 Å². The number of aromatic nitrogens is 2. The van der Waals surface area contributed by atoms with Crippen molar-refractivity contribution < 1.29 is 22.7 Å². The first kappa shape index (κ1) is 21.6. The topological polar surface area (TPSA) is 67.3 Å². The molecule has 1 aliphatic heterocycles. The summed E-state index contributed by atoms with van der Waals surface area (Å²) in [6, 6.07) is 4.72. The molecule has 0 spiro atoms. The van der Waals surface area contributed by atoms with Gasteiger partial charge in [-0.2, -0.15) is 13.2 Å². The predicted octanol–water partition coefficient (Wildman–Crippen LogP) is 5.26. The van der Waals surface area contributed by atoms with E-state index in [9.17, 15) is 18.0 Å². The van der Waals surface area contributed by atoms with Crippen molar-refractivity contribution in [1.29, 1.82) is 0 Å². The maximum absolute atomic E-state index is 12.7. The van der Waals surface area contributed by atoms with Crippen molar-refractivity contribution in [3.05, 3.63) is 54.0 Å². The van der Waals surface area contributed by atoms with Gasteiger partial charge in [-0.1, -0.05) is 6.08 Å². The summed E-state index contributed by atoms with van der Waals surface area (Å²) in [6.45, 7) is 6.29. The molecule has 6 nitrogen and oxygen atoms in total. The molecule has 0 aliphatic carbocycles. The van der Waals surface area contributed by atoms with E-state index < -0.39 is 17.3 Å². The molecule has 1 aromatic carbocycles. The van der Waals surface area contributed by atoms with Crippen molar-refractivity contribution in [1.82, 2.24) is 14.9 Å². The fourth-order valence-electron chi connectivity index (χ4n) is 2.92. The van der Waals surface area contributed by atoms with Gasteiger partial charge < -0.3 is 15.0 Å². The molecule has 0 saturated carbocycles. The lowest BCUT2D eigenvalue weighted by Crippen LogP contribution is -2.39. The van der Waals surface area contributed by atoms with Crippen LogP contribution in [-0.4, -0.2) is 39.7 Å². The van der Waals surface area contributed by atoms with Crippen LogP contribution in [0.25, 0.3) is 5.57 Å². The quantitative estimate of drug-likeness (QED) is 0.733. The highest BCUT2D eigenvalue weighted by molar-refractivity contribution is 5.77. The van der Waals surface area contributed by atoms with Crippen molar-refractivity contribution in [2.75, 3.05) is 18.4 Å². The predicted molar refractivity (Wildman–Crippen MR) is 107 cm³/mol. The Bertz CT molecular complexity index is 935. The van der Waals surface area contributed by atoms with E-state index in [0.717, 1.165) is 17.7 Å². The Morgan fingerprint density at radius 1 is 1.10 bits per heavy atom.